The Bertz CT molecular complexity index is 804. The SMILES string of the molecule is CN1CCN(c2nc3c(Cl)cccc3n3cncc23)CC1. The smallest absolute Gasteiger partial charge is 0.155 e. The molecule has 0 spiro atoms. The molecule has 3 aromatic rings. The summed E-state index contributed by atoms with van der Waals surface area (Å²) in [7, 11) is 2.15. The van der Waals surface area contributed by atoms with Crippen molar-refractivity contribution >= 4 is 34.0 Å². The molecule has 1 saturated heterocycles. The van der Waals surface area contributed by atoms with Gasteiger partial charge in [0.1, 0.15) is 11.0 Å². The predicted molar refractivity (Wildman–Crippen MR) is 85.2 cm³/mol. The van der Waals surface area contributed by atoms with E-state index in [-0.39, 0.29) is 0 Å². The number of para-hydroxylation sites is 1. The van der Waals surface area contributed by atoms with Crippen molar-refractivity contribution in [1.82, 2.24) is 19.3 Å². The summed E-state index contributed by atoms with van der Waals surface area (Å²) in [4.78, 5) is 13.8. The number of aromatic nitrogens is 3. The fourth-order valence-electron chi connectivity index (χ4n) is 2.88. The molecule has 0 saturated carbocycles. The second-order valence-corrected chi connectivity index (χ2v) is 5.89. The largest absolute Gasteiger partial charge is 0.352 e. The van der Waals surface area contributed by atoms with Crippen LogP contribution in [0.1, 0.15) is 0 Å². The highest BCUT2D eigenvalue weighted by atomic mass is 35.5. The maximum absolute atomic E-state index is 6.34. The van der Waals surface area contributed by atoms with Crippen LogP contribution in [0.3, 0.4) is 0 Å². The zero-order chi connectivity index (χ0) is 14.4. The second-order valence-electron chi connectivity index (χ2n) is 5.48. The monoisotopic (exact) mass is 301 g/mol. The van der Waals surface area contributed by atoms with Gasteiger partial charge in [-0.3, -0.25) is 4.40 Å². The van der Waals surface area contributed by atoms with E-state index in [0.29, 0.717) is 5.02 Å². The average Bonchev–Trinajstić information content (AvgIpc) is 2.98. The lowest BCUT2D eigenvalue weighted by Gasteiger charge is -2.33. The molecule has 6 heteroatoms. The lowest BCUT2D eigenvalue weighted by atomic mass is 10.2. The van der Waals surface area contributed by atoms with Gasteiger partial charge in [-0.25, -0.2) is 9.97 Å². The molecular formula is C15H16ClN5. The van der Waals surface area contributed by atoms with Gasteiger partial charge in [0.05, 0.1) is 23.1 Å². The van der Waals surface area contributed by atoms with Crippen LogP contribution < -0.4 is 4.90 Å². The number of hydrogen-bond acceptors (Lipinski definition) is 4. The van der Waals surface area contributed by atoms with Crippen molar-refractivity contribution in [1.29, 1.82) is 0 Å². The van der Waals surface area contributed by atoms with E-state index < -0.39 is 0 Å². The van der Waals surface area contributed by atoms with Crippen LogP contribution in [0, 0.1) is 0 Å². The minimum absolute atomic E-state index is 0.679. The van der Waals surface area contributed by atoms with Crippen LogP contribution in [-0.2, 0) is 0 Å². The summed E-state index contributed by atoms with van der Waals surface area (Å²) in [6.45, 7) is 4.03. The molecule has 0 N–H and O–H groups in total. The minimum Gasteiger partial charge on any atom is -0.352 e. The van der Waals surface area contributed by atoms with Gasteiger partial charge in [0.25, 0.3) is 0 Å². The van der Waals surface area contributed by atoms with Gasteiger partial charge >= 0.3 is 0 Å². The Morgan fingerprint density at radius 3 is 2.71 bits per heavy atom. The third-order valence-electron chi connectivity index (χ3n) is 4.11. The Labute approximate surface area is 127 Å². The third kappa shape index (κ3) is 2.04. The van der Waals surface area contributed by atoms with Crippen LogP contribution in [0.15, 0.2) is 30.7 Å². The molecule has 1 aliphatic rings. The van der Waals surface area contributed by atoms with Crippen LogP contribution in [0.5, 0.6) is 0 Å². The molecule has 0 aliphatic carbocycles. The van der Waals surface area contributed by atoms with Gasteiger partial charge in [-0.1, -0.05) is 17.7 Å². The normalized spacial score (nSPS) is 17.0. The fourth-order valence-corrected chi connectivity index (χ4v) is 3.09. The number of rotatable bonds is 1. The van der Waals surface area contributed by atoms with Gasteiger partial charge in [0.15, 0.2) is 5.82 Å². The number of imidazole rings is 1. The first-order valence-electron chi connectivity index (χ1n) is 7.08. The summed E-state index contributed by atoms with van der Waals surface area (Å²) in [5.41, 5.74) is 2.86. The number of nitrogens with zero attached hydrogens (tertiary/aromatic N) is 5. The Kier molecular flexibility index (Phi) is 2.97. The maximum Gasteiger partial charge on any atom is 0.155 e. The quantitative estimate of drug-likeness (QED) is 0.691. The maximum atomic E-state index is 6.34. The molecule has 2 aromatic heterocycles. The topological polar surface area (TPSA) is 36.7 Å². The van der Waals surface area contributed by atoms with E-state index in [9.17, 15) is 0 Å². The average molecular weight is 302 g/mol. The molecule has 0 atom stereocenters. The predicted octanol–water partition coefficient (Wildman–Crippen LogP) is 2.29. The molecule has 0 radical (unpaired) electrons. The molecule has 5 nitrogen and oxygen atoms in total. The van der Waals surface area contributed by atoms with Gasteiger partial charge in [-0.15, -0.1) is 0 Å². The van der Waals surface area contributed by atoms with Gasteiger partial charge in [0.2, 0.25) is 0 Å². The first-order valence-corrected chi connectivity index (χ1v) is 7.45. The molecule has 0 bridgehead atoms. The number of hydrogen-bond donors (Lipinski definition) is 0. The van der Waals surface area contributed by atoms with Crippen molar-refractivity contribution in [2.45, 2.75) is 0 Å². The molecule has 1 fully saturated rings. The van der Waals surface area contributed by atoms with Crippen LogP contribution >= 0.6 is 11.6 Å². The summed E-state index contributed by atoms with van der Waals surface area (Å²) in [5, 5.41) is 0.679. The van der Waals surface area contributed by atoms with E-state index in [0.717, 1.165) is 48.5 Å². The highest BCUT2D eigenvalue weighted by Gasteiger charge is 2.20. The molecule has 4 rings (SSSR count). The number of anilines is 1. The standard InChI is InChI=1S/C15H16ClN5/c1-19-5-7-20(8-6-19)15-13-9-17-10-21(13)12-4-2-3-11(16)14(12)18-15/h2-4,9-10H,5-8H2,1H3. The van der Waals surface area contributed by atoms with Crippen molar-refractivity contribution in [3.05, 3.63) is 35.7 Å². The van der Waals surface area contributed by atoms with Crippen LogP contribution in [-0.4, -0.2) is 52.5 Å². The number of likely N-dealkylation sites (N-methyl/N-ethyl adjacent to an activating group) is 1. The Hall–Kier alpha value is -1.85. The summed E-state index contributed by atoms with van der Waals surface area (Å²) in [6.07, 6.45) is 3.70. The van der Waals surface area contributed by atoms with Crippen molar-refractivity contribution in [3.8, 4) is 0 Å². The second kappa shape index (κ2) is 4.86. The summed E-state index contributed by atoms with van der Waals surface area (Å²) in [5.74, 6) is 0.973. The van der Waals surface area contributed by atoms with Crippen LogP contribution in [0.4, 0.5) is 5.82 Å². The Morgan fingerprint density at radius 2 is 1.90 bits per heavy atom. The van der Waals surface area contributed by atoms with Gasteiger partial charge in [-0.2, -0.15) is 0 Å². The molecule has 3 heterocycles. The molecule has 1 aromatic carbocycles. The van der Waals surface area contributed by atoms with E-state index in [1.807, 2.05) is 30.7 Å². The fraction of sp³-hybridized carbons (Fsp3) is 0.333. The number of piperazine rings is 1. The highest BCUT2D eigenvalue weighted by molar-refractivity contribution is 6.35. The third-order valence-corrected chi connectivity index (χ3v) is 4.42. The van der Waals surface area contributed by atoms with E-state index >= 15 is 0 Å². The van der Waals surface area contributed by atoms with Gasteiger partial charge in [0, 0.05) is 26.2 Å². The van der Waals surface area contributed by atoms with E-state index in [1.165, 1.54) is 0 Å². The first-order chi connectivity index (χ1) is 10.2. The highest BCUT2D eigenvalue weighted by Crippen LogP contribution is 2.28. The minimum atomic E-state index is 0.679. The molecule has 1 aliphatic heterocycles. The van der Waals surface area contributed by atoms with Crippen molar-refractivity contribution in [2.75, 3.05) is 38.1 Å². The van der Waals surface area contributed by atoms with Gasteiger partial charge < -0.3 is 9.80 Å². The van der Waals surface area contributed by atoms with E-state index in [2.05, 4.69) is 26.2 Å². The number of halogens is 1. The number of fused-ring (bicyclic) bond motifs is 3. The summed E-state index contributed by atoms with van der Waals surface area (Å²) >= 11 is 6.34. The molecule has 0 unspecified atom stereocenters. The lowest BCUT2D eigenvalue weighted by molar-refractivity contribution is 0.312. The van der Waals surface area contributed by atoms with Gasteiger partial charge in [-0.05, 0) is 19.2 Å². The Balaban J connectivity index is 1.94. The van der Waals surface area contributed by atoms with E-state index in [4.69, 9.17) is 16.6 Å². The zero-order valence-electron chi connectivity index (χ0n) is 11.8. The zero-order valence-corrected chi connectivity index (χ0v) is 12.6. The van der Waals surface area contributed by atoms with Crippen LogP contribution in [0.25, 0.3) is 16.6 Å². The summed E-state index contributed by atoms with van der Waals surface area (Å²) < 4.78 is 2.07. The van der Waals surface area contributed by atoms with Crippen LogP contribution in [0.2, 0.25) is 5.02 Å². The Morgan fingerprint density at radius 1 is 1.10 bits per heavy atom. The lowest BCUT2D eigenvalue weighted by Crippen LogP contribution is -2.45. The van der Waals surface area contributed by atoms with E-state index in [1.54, 1.807) is 0 Å². The van der Waals surface area contributed by atoms with Crippen molar-refractivity contribution in [3.63, 3.8) is 0 Å². The van der Waals surface area contributed by atoms with Crippen molar-refractivity contribution in [2.24, 2.45) is 0 Å². The summed E-state index contributed by atoms with van der Waals surface area (Å²) in [6, 6.07) is 5.85. The molecule has 21 heavy (non-hydrogen) atoms. The van der Waals surface area contributed by atoms with Crippen molar-refractivity contribution < 1.29 is 0 Å². The number of benzene rings is 1. The first kappa shape index (κ1) is 12.9. The molecule has 0 amide bonds. The molecular weight excluding hydrogens is 286 g/mol. The molecule has 108 valence electrons.